The van der Waals surface area contributed by atoms with E-state index in [0.29, 0.717) is 5.57 Å². The number of hydrogen-bond acceptors (Lipinski definition) is 12. The number of nitrogens with zero attached hydrogens (tertiary/aromatic N) is 3. The number of amides is 2. The number of carboxylic acid groups (broad SMARTS) is 1. The molecule has 12 nitrogen and oxygen atoms in total. The van der Waals surface area contributed by atoms with Crippen molar-refractivity contribution in [2.75, 3.05) is 11.5 Å². The summed E-state index contributed by atoms with van der Waals surface area (Å²) in [6, 6.07) is 2.81. The molecule has 2 N–H and O–H groups in total. The maximum Gasteiger partial charge on any atom is 1.00 e. The van der Waals surface area contributed by atoms with Crippen molar-refractivity contribution in [3.63, 3.8) is 0 Å². The summed E-state index contributed by atoms with van der Waals surface area (Å²) in [6.45, 7) is 0. The van der Waals surface area contributed by atoms with Crippen LogP contribution in [0.15, 0.2) is 33.9 Å². The van der Waals surface area contributed by atoms with E-state index in [2.05, 4.69) is 20.5 Å². The number of carboxylic acids is 1. The molecule has 2 atom stereocenters. The Morgan fingerprint density at radius 1 is 1.34 bits per heavy atom. The van der Waals surface area contributed by atoms with E-state index in [1.807, 2.05) is 17.5 Å². The summed E-state index contributed by atoms with van der Waals surface area (Å²) in [4.78, 5) is 42.6. The summed E-state index contributed by atoms with van der Waals surface area (Å²) >= 11 is 3.76. The van der Waals surface area contributed by atoms with Gasteiger partial charge in [-0.25, -0.2) is 13.4 Å². The number of thioether (sulfide) groups is 2. The van der Waals surface area contributed by atoms with Gasteiger partial charge in [0.1, 0.15) is 27.4 Å². The van der Waals surface area contributed by atoms with E-state index in [1.54, 1.807) is 0 Å². The standard InChI is InChI=1S/C17H17N5O7S4.2Na/c23-11(4-9-2-1-3-30-9)19-12-14(24)22-13(16(25)26)8(5-31-15(12)22)6-32-17-18-10(20-21-17)7-33(27,28)29;;/h1-3,12,15H,4-7H2,(H,19,23)(H,25,26)(H,18,20,21)(H,27,28,29);;/q;2*+1/p-2/t12?,15-;;/m1../s1. The first-order valence-corrected chi connectivity index (χ1v) is 13.8. The molecule has 1 unspecified atom stereocenters. The fourth-order valence-electron chi connectivity index (χ4n) is 3.30. The second-order valence-electron chi connectivity index (χ2n) is 7.01. The van der Waals surface area contributed by atoms with Gasteiger partial charge >= 0.3 is 59.1 Å². The van der Waals surface area contributed by atoms with Crippen LogP contribution in [0.2, 0.25) is 0 Å². The van der Waals surface area contributed by atoms with Crippen molar-refractivity contribution in [3.05, 3.63) is 39.5 Å². The van der Waals surface area contributed by atoms with Crippen LogP contribution in [0.1, 0.15) is 10.7 Å². The first-order chi connectivity index (χ1) is 15.6. The molecule has 0 bridgehead atoms. The Morgan fingerprint density at radius 2 is 2.09 bits per heavy atom. The summed E-state index contributed by atoms with van der Waals surface area (Å²) < 4.78 is 32.4. The summed E-state index contributed by atoms with van der Waals surface area (Å²) in [7, 11) is -4.53. The normalized spacial score (nSPS) is 19.2. The first-order valence-electron chi connectivity index (χ1n) is 9.30. The number of nitrogens with one attached hydrogen (secondary N) is 2. The Kier molecular flexibility index (Phi) is 11.4. The number of fused-ring (bicyclic) bond motifs is 1. The smallest absolute Gasteiger partial charge is 0.748 e. The third-order valence-electron chi connectivity index (χ3n) is 4.67. The van der Waals surface area contributed by atoms with Gasteiger partial charge in [0.15, 0.2) is 0 Å². The Labute approximate surface area is 256 Å². The van der Waals surface area contributed by atoms with Crippen LogP contribution in [0.4, 0.5) is 0 Å². The maximum atomic E-state index is 12.7. The van der Waals surface area contributed by atoms with Crippen LogP contribution in [-0.2, 0) is 36.7 Å². The van der Waals surface area contributed by atoms with Gasteiger partial charge in [-0.3, -0.25) is 19.6 Å². The third kappa shape index (κ3) is 7.56. The first kappa shape index (κ1) is 30.8. The number of thiophene rings is 1. The van der Waals surface area contributed by atoms with Gasteiger partial charge < -0.3 is 19.8 Å². The number of β-lactam (4-membered cyclic amide) rings is 1. The van der Waals surface area contributed by atoms with E-state index in [0.717, 1.165) is 21.5 Å². The molecule has 0 aromatic carbocycles. The third-order valence-corrected chi connectivity index (χ3v) is 8.45. The van der Waals surface area contributed by atoms with Crippen molar-refractivity contribution in [1.29, 1.82) is 0 Å². The predicted octanol–water partition coefficient (Wildman–Crippen LogP) is -7.34. The molecule has 176 valence electrons. The largest absolute Gasteiger partial charge is 1.00 e. The van der Waals surface area contributed by atoms with Crippen LogP contribution >= 0.6 is 34.9 Å². The van der Waals surface area contributed by atoms with E-state index in [-0.39, 0.29) is 99.6 Å². The van der Waals surface area contributed by atoms with Gasteiger partial charge in [-0.15, -0.1) is 28.2 Å². The van der Waals surface area contributed by atoms with Gasteiger partial charge in [0, 0.05) is 16.4 Å². The molecule has 0 radical (unpaired) electrons. The molecule has 0 spiro atoms. The average Bonchev–Trinajstić information content (AvgIpc) is 3.40. The monoisotopic (exact) mass is 575 g/mol. The minimum Gasteiger partial charge on any atom is -0.748 e. The van der Waals surface area contributed by atoms with E-state index < -0.39 is 39.2 Å². The summed E-state index contributed by atoms with van der Waals surface area (Å²) in [5.74, 6) is -2.96. The second-order valence-corrected chi connectivity index (χ2v) is 11.5. The van der Waals surface area contributed by atoms with Crippen molar-refractivity contribution in [1.82, 2.24) is 25.4 Å². The molecule has 2 aromatic rings. The van der Waals surface area contributed by atoms with Crippen LogP contribution < -0.4 is 69.5 Å². The minimum atomic E-state index is -4.53. The molecule has 2 aliphatic heterocycles. The number of carbonyl (C=O) groups is 3. The van der Waals surface area contributed by atoms with E-state index in [1.165, 1.54) is 23.1 Å². The van der Waals surface area contributed by atoms with Gasteiger partial charge in [-0.05, 0) is 17.0 Å². The average molecular weight is 576 g/mol. The summed E-state index contributed by atoms with van der Waals surface area (Å²) in [6.07, 6.45) is 0.135. The summed E-state index contributed by atoms with van der Waals surface area (Å²) in [5, 5.41) is 22.0. The molecule has 2 aromatic heterocycles. The number of aromatic nitrogens is 3. The molecular weight excluding hydrogens is 560 g/mol. The van der Waals surface area contributed by atoms with Crippen LogP contribution in [-0.4, -0.2) is 73.8 Å². The van der Waals surface area contributed by atoms with Crippen molar-refractivity contribution in [2.24, 2.45) is 0 Å². The van der Waals surface area contributed by atoms with E-state index in [9.17, 15) is 32.5 Å². The van der Waals surface area contributed by atoms with Crippen LogP contribution in [0.3, 0.4) is 0 Å². The van der Waals surface area contributed by atoms with Gasteiger partial charge in [0.2, 0.25) is 11.1 Å². The molecule has 1 fully saturated rings. The van der Waals surface area contributed by atoms with Gasteiger partial charge in [-0.2, -0.15) is 0 Å². The number of hydrogen-bond donors (Lipinski definition) is 2. The zero-order valence-electron chi connectivity index (χ0n) is 18.5. The van der Waals surface area contributed by atoms with Gasteiger partial charge in [0.05, 0.1) is 23.8 Å². The molecular formula is C17H15N5Na2O7S4. The van der Waals surface area contributed by atoms with Gasteiger partial charge in [-0.1, -0.05) is 17.8 Å². The predicted molar refractivity (Wildman–Crippen MR) is 116 cm³/mol. The minimum absolute atomic E-state index is 0. The van der Waals surface area contributed by atoms with Crippen molar-refractivity contribution >= 4 is 62.8 Å². The van der Waals surface area contributed by atoms with Crippen LogP contribution in [0.25, 0.3) is 0 Å². The number of carbonyl (C=O) groups excluding carboxylic acids is 3. The quantitative estimate of drug-likeness (QED) is 0.125. The van der Waals surface area contributed by atoms with Crippen molar-refractivity contribution in [2.45, 2.75) is 28.7 Å². The molecule has 1 saturated heterocycles. The second kappa shape index (κ2) is 12.9. The van der Waals surface area contributed by atoms with Crippen LogP contribution in [0, 0.1) is 0 Å². The molecule has 4 rings (SSSR count). The molecule has 0 aliphatic carbocycles. The van der Waals surface area contributed by atoms with E-state index in [4.69, 9.17) is 0 Å². The zero-order chi connectivity index (χ0) is 23.8. The van der Waals surface area contributed by atoms with Crippen molar-refractivity contribution in [3.8, 4) is 0 Å². The molecule has 35 heavy (non-hydrogen) atoms. The maximum absolute atomic E-state index is 12.7. The topological polar surface area (TPSA) is 188 Å². The summed E-state index contributed by atoms with van der Waals surface area (Å²) in [5.41, 5.74) is 0.152. The van der Waals surface area contributed by atoms with Gasteiger partial charge in [0.25, 0.3) is 5.91 Å². The number of H-pyrrole nitrogens is 1. The molecule has 4 heterocycles. The number of aliphatic carboxylic acids is 1. The number of aromatic amines is 1. The Balaban J connectivity index is 0.00000216. The van der Waals surface area contributed by atoms with Crippen molar-refractivity contribution < 1.29 is 91.6 Å². The Morgan fingerprint density at radius 3 is 2.71 bits per heavy atom. The molecule has 0 saturated carbocycles. The number of rotatable bonds is 9. The zero-order valence-corrected chi connectivity index (χ0v) is 25.8. The molecule has 2 amide bonds. The Bertz CT molecular complexity index is 1240. The fourth-order valence-corrected chi connectivity index (χ4v) is 6.77. The SMILES string of the molecule is O=C(Cc1cccs1)NC1C(=O)N2C(C(=O)[O-])=C(CSc3n[nH]c(CS(=O)(=O)[O-])n3)CS[C@H]12.[Na+].[Na+]. The van der Waals surface area contributed by atoms with E-state index >= 15 is 0 Å². The fraction of sp³-hybridized carbons (Fsp3) is 0.353. The molecule has 2 aliphatic rings. The Hall–Kier alpha value is -0.400. The van der Waals surface area contributed by atoms with Crippen LogP contribution in [0.5, 0.6) is 0 Å². The molecule has 18 heteroatoms.